The number of primary amides is 1. The van der Waals surface area contributed by atoms with Gasteiger partial charge in [-0.1, -0.05) is 74.7 Å². The highest BCUT2D eigenvalue weighted by atomic mass is 16.6. The molecule has 0 fully saturated rings. The number of nitrogens with zero attached hydrogens (tertiary/aromatic N) is 1. The van der Waals surface area contributed by atoms with E-state index in [1.165, 1.54) is 4.90 Å². The molecule has 0 aliphatic carbocycles. The fourth-order valence-corrected chi connectivity index (χ4v) is 5.46. The fourth-order valence-electron chi connectivity index (χ4n) is 5.46. The van der Waals surface area contributed by atoms with Crippen molar-refractivity contribution in [1.29, 1.82) is 0 Å². The van der Waals surface area contributed by atoms with Crippen LogP contribution >= 0.6 is 0 Å². The van der Waals surface area contributed by atoms with Gasteiger partial charge in [0.1, 0.15) is 29.3 Å². The van der Waals surface area contributed by atoms with Crippen molar-refractivity contribution in [3.05, 3.63) is 70.8 Å². The summed E-state index contributed by atoms with van der Waals surface area (Å²) in [5.41, 5.74) is 6.89. The molecule has 0 saturated heterocycles. The lowest BCUT2D eigenvalue weighted by molar-refractivity contribution is -0.159. The van der Waals surface area contributed by atoms with Crippen molar-refractivity contribution in [2.75, 3.05) is 6.54 Å². The van der Waals surface area contributed by atoms with E-state index in [-0.39, 0.29) is 25.8 Å². The zero-order valence-corrected chi connectivity index (χ0v) is 31.4. The van der Waals surface area contributed by atoms with Crippen LogP contribution in [-0.2, 0) is 35.1 Å². The van der Waals surface area contributed by atoms with Gasteiger partial charge >= 0.3 is 12.1 Å². The average Bonchev–Trinajstić information content (AvgIpc) is 3.00. The molecule has 4 amide bonds. The summed E-state index contributed by atoms with van der Waals surface area (Å²) in [7, 11) is 0. The molecule has 3 atom stereocenters. The number of esters is 1. The van der Waals surface area contributed by atoms with Crippen molar-refractivity contribution in [2.24, 2.45) is 5.73 Å². The molecule has 0 spiro atoms. The number of unbranched alkanes of at least 4 members (excludes halogenated alkanes) is 3. The van der Waals surface area contributed by atoms with Gasteiger partial charge in [0.15, 0.2) is 0 Å². The van der Waals surface area contributed by atoms with Gasteiger partial charge in [0.25, 0.3) is 0 Å². The Hall–Kier alpha value is -4.41. The van der Waals surface area contributed by atoms with Crippen LogP contribution in [0.4, 0.5) is 4.79 Å². The van der Waals surface area contributed by atoms with E-state index in [1.807, 2.05) is 56.3 Å². The summed E-state index contributed by atoms with van der Waals surface area (Å²) in [4.78, 5) is 69.3. The van der Waals surface area contributed by atoms with Crippen molar-refractivity contribution in [2.45, 2.75) is 137 Å². The van der Waals surface area contributed by atoms with E-state index in [0.29, 0.717) is 12.0 Å². The Morgan fingerprint density at radius 2 is 1.44 bits per heavy atom. The summed E-state index contributed by atoms with van der Waals surface area (Å²) in [6, 6.07) is 11.3. The number of nitrogens with one attached hydrogen (secondary N) is 2. The molecule has 276 valence electrons. The predicted molar refractivity (Wildman–Crippen MR) is 194 cm³/mol. The number of hydrogen-bond acceptors (Lipinski definition) is 7. The molecule has 2 rings (SSSR count). The first kappa shape index (κ1) is 41.8. The number of carbonyl (C=O) groups excluding carboxylic acids is 5. The zero-order chi connectivity index (χ0) is 37.6. The number of rotatable bonds is 17. The van der Waals surface area contributed by atoms with Gasteiger partial charge < -0.3 is 30.7 Å². The van der Waals surface area contributed by atoms with Crippen LogP contribution < -0.4 is 16.4 Å². The Labute approximate surface area is 298 Å². The highest BCUT2D eigenvalue weighted by Gasteiger charge is 2.39. The SMILES string of the molecule is CCCCCCN(C(=O)C(CCC(N)=O)NC(=O)OC(C)(C)C)C(C(=O)NC(Cc1ccccc1)C(=O)OC(C)(C)C)c1cccc(C)c1C. The first-order valence-corrected chi connectivity index (χ1v) is 17.5. The minimum absolute atomic E-state index is 0.103. The third-order valence-corrected chi connectivity index (χ3v) is 8.00. The summed E-state index contributed by atoms with van der Waals surface area (Å²) in [6.07, 6.45) is 2.26. The monoisotopic (exact) mass is 694 g/mol. The first-order chi connectivity index (χ1) is 23.3. The number of alkyl carbamates (subject to hydrolysis) is 1. The van der Waals surface area contributed by atoms with Crippen LogP contribution in [0.25, 0.3) is 0 Å². The van der Waals surface area contributed by atoms with Gasteiger partial charge in [-0.3, -0.25) is 14.4 Å². The van der Waals surface area contributed by atoms with Crippen LogP contribution in [0.15, 0.2) is 48.5 Å². The lowest BCUT2D eigenvalue weighted by atomic mass is 9.94. The Morgan fingerprint density at radius 1 is 0.800 bits per heavy atom. The second-order valence-electron chi connectivity index (χ2n) is 14.8. The van der Waals surface area contributed by atoms with Crippen LogP contribution in [0.1, 0.15) is 115 Å². The minimum Gasteiger partial charge on any atom is -0.458 e. The number of ether oxygens (including phenoxy) is 2. The molecular formula is C39H58N4O7. The van der Waals surface area contributed by atoms with Crippen LogP contribution in [0.3, 0.4) is 0 Å². The Balaban J connectivity index is 2.70. The smallest absolute Gasteiger partial charge is 0.408 e. The lowest BCUT2D eigenvalue weighted by Gasteiger charge is -2.36. The van der Waals surface area contributed by atoms with E-state index in [0.717, 1.165) is 36.0 Å². The summed E-state index contributed by atoms with van der Waals surface area (Å²) < 4.78 is 11.2. The highest BCUT2D eigenvalue weighted by Crippen LogP contribution is 2.29. The molecule has 3 unspecified atom stereocenters. The maximum atomic E-state index is 14.7. The predicted octanol–water partition coefficient (Wildman–Crippen LogP) is 5.98. The molecule has 2 aromatic rings. The van der Waals surface area contributed by atoms with Gasteiger partial charge in [-0.2, -0.15) is 0 Å². The zero-order valence-electron chi connectivity index (χ0n) is 31.4. The normalized spacial score (nSPS) is 13.4. The van der Waals surface area contributed by atoms with Crippen molar-refractivity contribution < 1.29 is 33.4 Å². The van der Waals surface area contributed by atoms with E-state index >= 15 is 0 Å². The second-order valence-corrected chi connectivity index (χ2v) is 14.8. The summed E-state index contributed by atoms with van der Waals surface area (Å²) in [5.74, 6) is -2.42. The van der Waals surface area contributed by atoms with Gasteiger partial charge in [0.2, 0.25) is 17.7 Å². The van der Waals surface area contributed by atoms with Gasteiger partial charge in [-0.15, -0.1) is 0 Å². The van der Waals surface area contributed by atoms with Gasteiger partial charge in [-0.05, 0) is 90.5 Å². The van der Waals surface area contributed by atoms with E-state index in [1.54, 1.807) is 47.6 Å². The minimum atomic E-state index is -1.23. The van der Waals surface area contributed by atoms with E-state index < -0.39 is 59.1 Å². The van der Waals surface area contributed by atoms with E-state index in [2.05, 4.69) is 17.6 Å². The number of amides is 4. The maximum Gasteiger partial charge on any atom is 0.408 e. The molecule has 0 aromatic heterocycles. The fraction of sp³-hybridized carbons (Fsp3) is 0.564. The Bertz CT molecular complexity index is 1450. The summed E-state index contributed by atoms with van der Waals surface area (Å²) in [5, 5.41) is 5.57. The Morgan fingerprint density at radius 3 is 2.02 bits per heavy atom. The second kappa shape index (κ2) is 19.1. The topological polar surface area (TPSA) is 157 Å². The molecule has 0 bridgehead atoms. The average molecular weight is 695 g/mol. The quantitative estimate of drug-likeness (QED) is 0.136. The molecule has 0 aliphatic rings. The molecule has 0 saturated carbocycles. The lowest BCUT2D eigenvalue weighted by Crippen LogP contribution is -2.55. The number of benzene rings is 2. The molecule has 0 aliphatic heterocycles. The standard InChI is InChI=1S/C39H58N4O7/c1-10-11-12-16-24-43(35(46)30(22-23-32(40)44)42-37(48)50-39(7,8)9)33(29-21-17-18-26(2)27(29)3)34(45)41-31(36(47)49-38(4,5)6)25-28-19-14-13-15-20-28/h13-15,17-21,30-31,33H,10-12,16,22-25H2,1-9H3,(H2,40,44)(H,41,45)(H,42,48). The van der Waals surface area contributed by atoms with Crippen molar-refractivity contribution in [3.63, 3.8) is 0 Å². The third kappa shape index (κ3) is 14.2. The molecule has 11 heteroatoms. The largest absolute Gasteiger partial charge is 0.458 e. The van der Waals surface area contributed by atoms with Crippen LogP contribution in [0.5, 0.6) is 0 Å². The van der Waals surface area contributed by atoms with E-state index in [9.17, 15) is 24.0 Å². The number of aryl methyl sites for hydroxylation is 1. The van der Waals surface area contributed by atoms with Crippen LogP contribution in [0.2, 0.25) is 0 Å². The van der Waals surface area contributed by atoms with Gasteiger partial charge in [-0.25, -0.2) is 9.59 Å². The van der Waals surface area contributed by atoms with Crippen LogP contribution in [0, 0.1) is 13.8 Å². The first-order valence-electron chi connectivity index (χ1n) is 17.5. The molecule has 2 aromatic carbocycles. The third-order valence-electron chi connectivity index (χ3n) is 8.00. The van der Waals surface area contributed by atoms with Gasteiger partial charge in [0.05, 0.1) is 0 Å². The van der Waals surface area contributed by atoms with Crippen LogP contribution in [-0.4, -0.2) is 64.5 Å². The maximum absolute atomic E-state index is 14.7. The number of carbonyl (C=O) groups is 5. The highest BCUT2D eigenvalue weighted by molar-refractivity contribution is 5.94. The molecule has 0 radical (unpaired) electrons. The molecular weight excluding hydrogens is 636 g/mol. The van der Waals surface area contributed by atoms with Crippen molar-refractivity contribution in [1.82, 2.24) is 15.5 Å². The number of hydrogen-bond donors (Lipinski definition) is 3. The Kier molecular flexibility index (Phi) is 16.0. The number of nitrogens with two attached hydrogens (primary N) is 1. The summed E-state index contributed by atoms with van der Waals surface area (Å²) in [6.45, 7) is 16.4. The summed E-state index contributed by atoms with van der Waals surface area (Å²) >= 11 is 0. The van der Waals surface area contributed by atoms with E-state index in [4.69, 9.17) is 15.2 Å². The molecule has 11 nitrogen and oxygen atoms in total. The van der Waals surface area contributed by atoms with Crippen molar-refractivity contribution in [3.8, 4) is 0 Å². The molecule has 50 heavy (non-hydrogen) atoms. The molecule has 4 N–H and O–H groups in total. The molecule has 0 heterocycles. The van der Waals surface area contributed by atoms with Gasteiger partial charge in [0, 0.05) is 19.4 Å². The van der Waals surface area contributed by atoms with Crippen molar-refractivity contribution >= 4 is 29.8 Å².